The molecule has 4 aromatic carbocycles. The monoisotopic (exact) mass is 985 g/mol. The fourth-order valence-electron chi connectivity index (χ4n) is 11.4. The zero-order valence-electron chi connectivity index (χ0n) is 40.9. The zero-order valence-corrected chi connectivity index (χ0v) is 45.5. The summed E-state index contributed by atoms with van der Waals surface area (Å²) in [5.41, 5.74) is 18.4. The normalized spacial score (nSPS) is 19.3. The Labute approximate surface area is 373 Å². The van der Waals surface area contributed by atoms with Gasteiger partial charge in [-0.1, -0.05) is 0 Å². The molecule has 3 aliphatic rings. The Morgan fingerprint density at radius 1 is 0.467 bits per heavy atom. The van der Waals surface area contributed by atoms with Gasteiger partial charge in [-0.15, -0.1) is 0 Å². The van der Waals surface area contributed by atoms with Gasteiger partial charge in [-0.2, -0.15) is 0 Å². The Bertz CT molecular complexity index is 2090. The Kier molecular flexibility index (Phi) is 12.3. The van der Waals surface area contributed by atoms with Crippen molar-refractivity contribution in [2.24, 2.45) is 0 Å². The van der Waals surface area contributed by atoms with Crippen LogP contribution in [0.15, 0.2) is 83.2 Å². The quantitative estimate of drug-likeness (QED) is 0.110. The van der Waals surface area contributed by atoms with Crippen molar-refractivity contribution >= 4 is 20.2 Å². The molecule has 0 saturated carbocycles. The molecule has 0 spiro atoms. The molecule has 0 amide bonds. The molecule has 0 nitrogen and oxygen atoms in total. The molecule has 2 heteroatoms. The molecule has 0 radical (unpaired) electrons. The number of fused-ring (bicyclic) bond motifs is 6. The fourth-order valence-corrected chi connectivity index (χ4v) is 44.3. The predicted molar refractivity (Wildman–Crippen MR) is 266 cm³/mol. The van der Waals surface area contributed by atoms with Gasteiger partial charge >= 0.3 is 376 Å². The van der Waals surface area contributed by atoms with E-state index in [0.717, 1.165) is 0 Å². The minimum absolute atomic E-state index is 0.0820. The summed E-state index contributed by atoms with van der Waals surface area (Å²) >= 11 is -3.29. The molecule has 0 aromatic heterocycles. The van der Waals surface area contributed by atoms with Crippen molar-refractivity contribution in [2.75, 3.05) is 0 Å². The topological polar surface area (TPSA) is 0 Å². The van der Waals surface area contributed by atoms with Crippen molar-refractivity contribution < 1.29 is 20.0 Å². The predicted octanol–water partition coefficient (Wildman–Crippen LogP) is 18.0. The summed E-state index contributed by atoms with van der Waals surface area (Å²) < 4.78 is 7.03. The first-order chi connectivity index (χ1) is 27.9. The minimum atomic E-state index is -3.29. The van der Waals surface area contributed by atoms with Crippen molar-refractivity contribution in [3.05, 3.63) is 128 Å². The molecule has 320 valence electrons. The van der Waals surface area contributed by atoms with Crippen LogP contribution in [0.5, 0.6) is 0 Å². The third-order valence-electron chi connectivity index (χ3n) is 15.1. The Morgan fingerprint density at radius 2 is 0.800 bits per heavy atom. The number of allylic oxidation sites excluding steroid dienone is 2. The molecule has 60 heavy (non-hydrogen) atoms. The second-order valence-corrected chi connectivity index (χ2v) is 45.7. The van der Waals surface area contributed by atoms with E-state index in [4.69, 9.17) is 0 Å². The van der Waals surface area contributed by atoms with Crippen molar-refractivity contribution in [2.45, 2.75) is 186 Å². The molecule has 1 heterocycles. The molecule has 2 unspecified atom stereocenters. The van der Waals surface area contributed by atoms with Gasteiger partial charge in [0.15, 0.2) is 0 Å². The van der Waals surface area contributed by atoms with Crippen LogP contribution in [0.4, 0.5) is 0 Å². The van der Waals surface area contributed by atoms with Gasteiger partial charge in [0.05, 0.1) is 0 Å². The van der Waals surface area contributed by atoms with Crippen LogP contribution in [0, 0.1) is 0 Å². The van der Waals surface area contributed by atoms with Crippen LogP contribution >= 0.6 is 0 Å². The summed E-state index contributed by atoms with van der Waals surface area (Å²) in [4.78, 5) is 0. The fraction of sp³-hybridized carbons (Fsp3) is 0.517. The Balaban J connectivity index is 1.50. The van der Waals surface area contributed by atoms with Gasteiger partial charge in [-0.25, -0.2) is 0 Å². The molecule has 0 N–H and O–H groups in total. The van der Waals surface area contributed by atoms with E-state index in [1.165, 1.54) is 95.1 Å². The van der Waals surface area contributed by atoms with Crippen LogP contribution in [-0.2, 0) is 41.6 Å². The van der Waals surface area contributed by atoms with E-state index in [0.29, 0.717) is 7.35 Å². The number of benzene rings is 4. The van der Waals surface area contributed by atoms with Crippen LogP contribution in [0.1, 0.15) is 187 Å². The summed E-state index contributed by atoms with van der Waals surface area (Å²) in [6.07, 6.45) is 13.7. The number of hydrogen-bond acceptors (Lipinski definition) is 0. The third kappa shape index (κ3) is 8.22. The molecule has 1 saturated heterocycles. The molecule has 0 bridgehead atoms. The van der Waals surface area contributed by atoms with Crippen LogP contribution in [0.3, 0.4) is 0 Å². The Morgan fingerprint density at radius 3 is 1.10 bits per heavy atom. The van der Waals surface area contributed by atoms with Crippen molar-refractivity contribution in [1.82, 2.24) is 0 Å². The van der Waals surface area contributed by atoms with Crippen molar-refractivity contribution in [3.63, 3.8) is 0 Å². The summed E-state index contributed by atoms with van der Waals surface area (Å²) in [6, 6.07) is 33.0. The third-order valence-corrected chi connectivity index (χ3v) is 37.8. The number of rotatable bonds is 10. The van der Waals surface area contributed by atoms with Gasteiger partial charge in [0.25, 0.3) is 0 Å². The Hall–Kier alpha value is -2.55. The van der Waals surface area contributed by atoms with Gasteiger partial charge in [0, 0.05) is 0 Å². The molecule has 1 aliphatic heterocycles. The first-order valence-electron chi connectivity index (χ1n) is 24.0. The standard InChI is InChI=1S/C56H74Si.2CH3.Hf/c1-15-17-19-27-57(28-20-18-16-2,47-33-39-23-21-25-49(51(39)37-47)41-29-43(53(3,4)5)35-44(30-41)54(6,7)8)48-34-40-24-22-26-50(52(40)38-48)42-31-45(55(9,10)11)36-46(32-42)56(12,13)14;;;/h21-26,29-38H,15-20,27-28H2,1-14H3;2*1H3;. The maximum absolute atomic E-state index is 3.29. The van der Waals surface area contributed by atoms with E-state index in [1.54, 1.807) is 22.3 Å². The number of hydrogen-bond donors (Lipinski definition) is 0. The first-order valence-corrected chi connectivity index (χ1v) is 37.7. The summed E-state index contributed by atoms with van der Waals surface area (Å²) in [5.74, 6) is 0. The molecular formula is C58H80HfSi. The van der Waals surface area contributed by atoms with Crippen LogP contribution in [0.2, 0.25) is 21.4 Å². The average Bonchev–Trinajstić information content (AvgIpc) is 3.77. The van der Waals surface area contributed by atoms with E-state index >= 15 is 0 Å². The molecule has 2 aliphatic carbocycles. The van der Waals surface area contributed by atoms with Gasteiger partial charge in [-0.05, 0) is 0 Å². The maximum atomic E-state index is 2.88. The van der Waals surface area contributed by atoms with E-state index in [2.05, 4.69) is 191 Å². The molecule has 2 atom stereocenters. The van der Waals surface area contributed by atoms with E-state index in [9.17, 15) is 0 Å². The molecule has 1 fully saturated rings. The summed E-state index contributed by atoms with van der Waals surface area (Å²) in [5, 5.41) is 3.90. The molecule has 7 rings (SSSR count). The van der Waals surface area contributed by atoms with E-state index in [-0.39, 0.29) is 21.7 Å². The SMILES string of the molecule is CCCCC[Si]1(CCCCC)C2=Cc3c(-c4cc(C(C)(C)C)cc(C(C)(C)C)c4)cccc3[CH]2[Hf]([CH3])([CH3])[CH]2C1=Cc1c(-c3cc(C(C)(C)C)cc(C(C)(C)C)c3)cccc12. The van der Waals surface area contributed by atoms with Gasteiger partial charge in [-0.3, -0.25) is 0 Å². The average molecular weight is 984 g/mol. The van der Waals surface area contributed by atoms with E-state index < -0.39 is 28.0 Å². The van der Waals surface area contributed by atoms with Crippen LogP contribution in [-0.4, -0.2) is 8.07 Å². The second-order valence-electron chi connectivity index (χ2n) is 24.1. The van der Waals surface area contributed by atoms with Gasteiger partial charge in [0.1, 0.15) is 0 Å². The summed E-state index contributed by atoms with van der Waals surface area (Å²) in [7, 11) is -2.13. The zero-order chi connectivity index (χ0) is 43.8. The molecular weight excluding hydrogens is 903 g/mol. The van der Waals surface area contributed by atoms with Crippen LogP contribution < -0.4 is 0 Å². The first kappa shape index (κ1) is 45.5. The number of unbranched alkanes of at least 4 members (excludes halogenated alkanes) is 4. The van der Waals surface area contributed by atoms with Gasteiger partial charge < -0.3 is 0 Å². The van der Waals surface area contributed by atoms with Gasteiger partial charge in [0.2, 0.25) is 0 Å². The van der Waals surface area contributed by atoms with Crippen molar-refractivity contribution in [1.29, 1.82) is 0 Å². The second kappa shape index (κ2) is 16.2. The summed E-state index contributed by atoms with van der Waals surface area (Å²) in [6.45, 7) is 33.4. The van der Waals surface area contributed by atoms with Crippen molar-refractivity contribution in [3.8, 4) is 22.3 Å². The molecule has 4 aromatic rings. The van der Waals surface area contributed by atoms with Crippen LogP contribution in [0.25, 0.3) is 34.4 Å². The van der Waals surface area contributed by atoms with E-state index in [1.807, 2.05) is 10.4 Å².